The predicted octanol–water partition coefficient (Wildman–Crippen LogP) is 1.36. The monoisotopic (exact) mass is 278 g/mol. The first kappa shape index (κ1) is 14.9. The SMILES string of the molecule is N=C(/C=C\C(=N)c1ccc(B(O)O)cc1)c1ccccc1. The standard InChI is InChI=1S/C16H15BN2O2/c18-15(12-4-2-1-3-5-12)10-11-16(19)13-6-8-14(9-7-13)17(20)21/h1-11,18-21H/b11-10-,18-15?,19-16?. The van der Waals surface area contributed by atoms with Crippen molar-refractivity contribution in [2.45, 2.75) is 0 Å². The molecule has 0 saturated heterocycles. The molecule has 0 radical (unpaired) electrons. The van der Waals surface area contributed by atoms with Crippen molar-refractivity contribution in [1.29, 1.82) is 10.8 Å². The molecule has 0 aliphatic heterocycles. The normalized spacial score (nSPS) is 10.6. The fourth-order valence-electron chi connectivity index (χ4n) is 1.81. The quantitative estimate of drug-likeness (QED) is 0.491. The van der Waals surface area contributed by atoms with E-state index in [2.05, 4.69) is 0 Å². The van der Waals surface area contributed by atoms with Crippen LogP contribution in [0.15, 0.2) is 66.7 Å². The minimum absolute atomic E-state index is 0.259. The first-order valence-corrected chi connectivity index (χ1v) is 6.45. The number of nitrogens with one attached hydrogen (secondary N) is 2. The second kappa shape index (κ2) is 6.79. The van der Waals surface area contributed by atoms with E-state index in [1.54, 1.807) is 36.4 Å². The molecule has 0 bridgehead atoms. The Hall–Kier alpha value is -2.50. The Kier molecular flexibility index (Phi) is 4.82. The molecule has 0 heterocycles. The zero-order valence-corrected chi connectivity index (χ0v) is 11.3. The summed E-state index contributed by atoms with van der Waals surface area (Å²) in [5.74, 6) is 0. The summed E-state index contributed by atoms with van der Waals surface area (Å²) in [7, 11) is -1.50. The summed E-state index contributed by atoms with van der Waals surface area (Å²) in [4.78, 5) is 0. The molecule has 0 fully saturated rings. The van der Waals surface area contributed by atoms with Crippen LogP contribution in [-0.4, -0.2) is 28.6 Å². The molecule has 0 amide bonds. The van der Waals surface area contributed by atoms with Crippen molar-refractivity contribution in [1.82, 2.24) is 0 Å². The zero-order chi connectivity index (χ0) is 15.2. The lowest BCUT2D eigenvalue weighted by Crippen LogP contribution is -2.29. The molecular formula is C16H15BN2O2. The zero-order valence-electron chi connectivity index (χ0n) is 11.3. The van der Waals surface area contributed by atoms with Crippen LogP contribution in [0, 0.1) is 10.8 Å². The van der Waals surface area contributed by atoms with Crippen LogP contribution in [0.3, 0.4) is 0 Å². The van der Waals surface area contributed by atoms with Crippen LogP contribution in [0.4, 0.5) is 0 Å². The van der Waals surface area contributed by atoms with E-state index in [9.17, 15) is 0 Å². The highest BCUT2D eigenvalue weighted by Crippen LogP contribution is 2.04. The van der Waals surface area contributed by atoms with Gasteiger partial charge in [0.25, 0.3) is 0 Å². The Labute approximate surface area is 123 Å². The lowest BCUT2D eigenvalue weighted by molar-refractivity contribution is 0.426. The molecule has 0 aliphatic rings. The summed E-state index contributed by atoms with van der Waals surface area (Å²) < 4.78 is 0. The van der Waals surface area contributed by atoms with Crippen molar-refractivity contribution in [2.24, 2.45) is 0 Å². The Bertz CT molecular complexity index is 664. The minimum Gasteiger partial charge on any atom is -0.423 e. The molecule has 2 aromatic rings. The number of benzene rings is 2. The molecule has 5 heteroatoms. The molecule has 0 saturated carbocycles. The maximum Gasteiger partial charge on any atom is 0.488 e. The number of allylic oxidation sites excluding steroid dienone is 2. The molecular weight excluding hydrogens is 263 g/mol. The summed E-state index contributed by atoms with van der Waals surface area (Å²) in [5, 5.41) is 33.9. The van der Waals surface area contributed by atoms with Gasteiger partial charge in [-0.15, -0.1) is 0 Å². The van der Waals surface area contributed by atoms with Gasteiger partial charge < -0.3 is 20.9 Å². The largest absolute Gasteiger partial charge is 0.488 e. The molecule has 4 nitrogen and oxygen atoms in total. The number of hydrogen-bond donors (Lipinski definition) is 4. The van der Waals surface area contributed by atoms with Gasteiger partial charge in [0, 0.05) is 0 Å². The van der Waals surface area contributed by atoms with Crippen LogP contribution in [0.5, 0.6) is 0 Å². The van der Waals surface area contributed by atoms with Gasteiger partial charge in [0.15, 0.2) is 0 Å². The van der Waals surface area contributed by atoms with E-state index in [-0.39, 0.29) is 5.71 Å². The fraction of sp³-hybridized carbons (Fsp3) is 0. The van der Waals surface area contributed by atoms with E-state index in [1.165, 1.54) is 0 Å². The van der Waals surface area contributed by atoms with Gasteiger partial charge in [-0.2, -0.15) is 0 Å². The second-order valence-electron chi connectivity index (χ2n) is 4.52. The van der Waals surface area contributed by atoms with Crippen molar-refractivity contribution in [3.05, 3.63) is 77.9 Å². The van der Waals surface area contributed by atoms with Crippen molar-refractivity contribution < 1.29 is 10.0 Å². The first-order valence-electron chi connectivity index (χ1n) is 6.45. The van der Waals surface area contributed by atoms with Gasteiger partial charge in [-0.3, -0.25) is 0 Å². The molecule has 0 aromatic heterocycles. The molecule has 0 unspecified atom stereocenters. The predicted molar refractivity (Wildman–Crippen MR) is 85.5 cm³/mol. The van der Waals surface area contributed by atoms with Gasteiger partial charge in [0.05, 0.1) is 11.4 Å². The topological polar surface area (TPSA) is 88.2 Å². The molecule has 4 N–H and O–H groups in total. The highest BCUT2D eigenvalue weighted by Gasteiger charge is 2.10. The first-order chi connectivity index (χ1) is 10.1. The summed E-state index contributed by atoms with van der Waals surface area (Å²) in [6.07, 6.45) is 3.13. The van der Waals surface area contributed by atoms with Gasteiger partial charge in [0.2, 0.25) is 0 Å². The van der Waals surface area contributed by atoms with Crippen LogP contribution in [0.2, 0.25) is 0 Å². The van der Waals surface area contributed by atoms with Crippen molar-refractivity contribution in [2.75, 3.05) is 0 Å². The maximum atomic E-state index is 9.02. The van der Waals surface area contributed by atoms with Crippen molar-refractivity contribution in [3.63, 3.8) is 0 Å². The van der Waals surface area contributed by atoms with E-state index >= 15 is 0 Å². The van der Waals surface area contributed by atoms with E-state index in [0.717, 1.165) is 5.56 Å². The van der Waals surface area contributed by atoms with Gasteiger partial charge in [-0.25, -0.2) is 0 Å². The smallest absolute Gasteiger partial charge is 0.423 e. The van der Waals surface area contributed by atoms with Gasteiger partial charge in [0.1, 0.15) is 0 Å². The Morgan fingerprint density at radius 2 is 1.24 bits per heavy atom. The molecule has 104 valence electrons. The van der Waals surface area contributed by atoms with Gasteiger partial charge >= 0.3 is 7.12 Å². The third kappa shape index (κ3) is 3.98. The highest BCUT2D eigenvalue weighted by atomic mass is 16.4. The Balaban J connectivity index is 2.07. The minimum atomic E-state index is -1.50. The van der Waals surface area contributed by atoms with Crippen molar-refractivity contribution >= 4 is 24.0 Å². The maximum absolute atomic E-state index is 9.02. The van der Waals surface area contributed by atoms with Crippen LogP contribution < -0.4 is 5.46 Å². The molecule has 0 spiro atoms. The third-order valence-corrected chi connectivity index (χ3v) is 3.02. The van der Waals surface area contributed by atoms with E-state index in [0.29, 0.717) is 16.7 Å². The molecule has 2 rings (SSSR count). The lowest BCUT2D eigenvalue weighted by Gasteiger charge is -2.02. The molecule has 21 heavy (non-hydrogen) atoms. The van der Waals surface area contributed by atoms with E-state index in [4.69, 9.17) is 20.9 Å². The number of hydrogen-bond acceptors (Lipinski definition) is 4. The molecule has 0 aliphatic carbocycles. The number of rotatable bonds is 5. The Morgan fingerprint density at radius 3 is 1.71 bits per heavy atom. The van der Waals surface area contributed by atoms with E-state index in [1.807, 2.05) is 30.3 Å². The fourth-order valence-corrected chi connectivity index (χ4v) is 1.81. The average molecular weight is 278 g/mol. The van der Waals surface area contributed by atoms with Crippen LogP contribution in [0.25, 0.3) is 0 Å². The highest BCUT2D eigenvalue weighted by molar-refractivity contribution is 6.58. The van der Waals surface area contributed by atoms with Crippen LogP contribution >= 0.6 is 0 Å². The average Bonchev–Trinajstić information content (AvgIpc) is 2.53. The molecule has 0 atom stereocenters. The summed E-state index contributed by atoms with van der Waals surface area (Å²) in [6.45, 7) is 0. The van der Waals surface area contributed by atoms with Gasteiger partial charge in [-0.1, -0.05) is 54.6 Å². The molecule has 2 aromatic carbocycles. The third-order valence-electron chi connectivity index (χ3n) is 3.02. The lowest BCUT2D eigenvalue weighted by atomic mass is 9.80. The van der Waals surface area contributed by atoms with Gasteiger partial charge in [-0.05, 0) is 28.7 Å². The van der Waals surface area contributed by atoms with E-state index < -0.39 is 7.12 Å². The summed E-state index contributed by atoms with van der Waals surface area (Å²) in [6, 6.07) is 15.7. The summed E-state index contributed by atoms with van der Waals surface area (Å²) >= 11 is 0. The van der Waals surface area contributed by atoms with Crippen LogP contribution in [-0.2, 0) is 0 Å². The second-order valence-corrected chi connectivity index (χ2v) is 4.52. The van der Waals surface area contributed by atoms with Crippen LogP contribution in [0.1, 0.15) is 11.1 Å². The Morgan fingerprint density at radius 1 is 0.762 bits per heavy atom. The van der Waals surface area contributed by atoms with Crippen molar-refractivity contribution in [3.8, 4) is 0 Å². The summed E-state index contributed by atoms with van der Waals surface area (Å²) in [5.41, 5.74) is 2.42.